The van der Waals surface area contributed by atoms with Crippen molar-refractivity contribution in [2.45, 2.75) is 32.8 Å². The van der Waals surface area contributed by atoms with Crippen LogP contribution in [0.15, 0.2) is 18.2 Å². The summed E-state index contributed by atoms with van der Waals surface area (Å²) in [5, 5.41) is 0. The average Bonchev–Trinajstić information content (AvgIpc) is 2.35. The van der Waals surface area contributed by atoms with Gasteiger partial charge < -0.3 is 15.2 Å². The van der Waals surface area contributed by atoms with Gasteiger partial charge in [-0.15, -0.1) is 0 Å². The summed E-state index contributed by atoms with van der Waals surface area (Å²) in [7, 11) is 1.49. The van der Waals surface area contributed by atoms with Crippen molar-refractivity contribution in [2.75, 3.05) is 12.8 Å². The molecule has 0 aliphatic carbocycles. The Bertz CT molecular complexity index is 386. The Hall–Kier alpha value is -1.71. The highest BCUT2D eigenvalue weighted by Gasteiger charge is 2.18. The average molecular weight is 237 g/mol. The molecule has 0 saturated carbocycles. The zero-order chi connectivity index (χ0) is 12.8. The maximum Gasteiger partial charge on any atom is 0.342 e. The summed E-state index contributed by atoms with van der Waals surface area (Å²) in [4.78, 5) is 11.9. The smallest absolute Gasteiger partial charge is 0.342 e. The summed E-state index contributed by atoms with van der Waals surface area (Å²) in [6.07, 6.45) is 1.54. The molecule has 17 heavy (non-hydrogen) atoms. The number of hydrogen-bond donors (Lipinski definition) is 1. The van der Waals surface area contributed by atoms with Crippen LogP contribution < -0.4 is 10.5 Å². The van der Waals surface area contributed by atoms with Crippen LogP contribution in [0.3, 0.4) is 0 Å². The number of anilines is 1. The van der Waals surface area contributed by atoms with Crippen LogP contribution in [0, 0.1) is 0 Å². The number of rotatable bonds is 5. The third kappa shape index (κ3) is 3.12. The van der Waals surface area contributed by atoms with Crippen LogP contribution in [0.2, 0.25) is 0 Å². The van der Waals surface area contributed by atoms with E-state index in [0.29, 0.717) is 17.0 Å². The molecule has 4 nitrogen and oxygen atoms in total. The molecule has 1 aromatic carbocycles. The van der Waals surface area contributed by atoms with Gasteiger partial charge in [-0.25, -0.2) is 4.79 Å². The second-order valence-corrected chi connectivity index (χ2v) is 3.77. The highest BCUT2D eigenvalue weighted by atomic mass is 16.5. The van der Waals surface area contributed by atoms with Crippen LogP contribution in [-0.2, 0) is 4.74 Å². The van der Waals surface area contributed by atoms with Gasteiger partial charge in [-0.2, -0.15) is 0 Å². The minimum Gasteiger partial charge on any atom is -0.494 e. The Morgan fingerprint density at radius 1 is 1.35 bits per heavy atom. The molecule has 0 amide bonds. The zero-order valence-corrected chi connectivity index (χ0v) is 10.5. The van der Waals surface area contributed by atoms with E-state index >= 15 is 0 Å². The van der Waals surface area contributed by atoms with Gasteiger partial charge in [0.15, 0.2) is 5.75 Å². The first kappa shape index (κ1) is 13.4. The number of hydrogen-bond acceptors (Lipinski definition) is 4. The summed E-state index contributed by atoms with van der Waals surface area (Å²) < 4.78 is 10.5. The Morgan fingerprint density at radius 3 is 2.53 bits per heavy atom. The summed E-state index contributed by atoms with van der Waals surface area (Å²) in [5.41, 5.74) is 6.54. The van der Waals surface area contributed by atoms with Gasteiger partial charge in [0.1, 0.15) is 11.7 Å². The number of esters is 1. The summed E-state index contributed by atoms with van der Waals surface area (Å²) in [5.74, 6) is -0.00805. The number of para-hydroxylation sites is 1. The first-order chi connectivity index (χ1) is 8.13. The van der Waals surface area contributed by atoms with Gasteiger partial charge in [0.05, 0.1) is 12.8 Å². The van der Waals surface area contributed by atoms with E-state index in [1.54, 1.807) is 18.2 Å². The molecule has 94 valence electrons. The lowest BCUT2D eigenvalue weighted by Crippen LogP contribution is -2.17. The van der Waals surface area contributed by atoms with Gasteiger partial charge in [-0.1, -0.05) is 19.9 Å². The molecule has 0 spiro atoms. The quantitative estimate of drug-likeness (QED) is 0.631. The lowest BCUT2D eigenvalue weighted by Gasteiger charge is -2.16. The van der Waals surface area contributed by atoms with E-state index in [-0.39, 0.29) is 12.1 Å². The zero-order valence-electron chi connectivity index (χ0n) is 10.5. The van der Waals surface area contributed by atoms with E-state index in [9.17, 15) is 4.79 Å². The van der Waals surface area contributed by atoms with Gasteiger partial charge in [-0.05, 0) is 25.0 Å². The largest absolute Gasteiger partial charge is 0.494 e. The normalized spacial score (nSPS) is 10.4. The van der Waals surface area contributed by atoms with E-state index < -0.39 is 0 Å². The fourth-order valence-corrected chi connectivity index (χ4v) is 1.61. The minimum atomic E-state index is -0.386. The van der Waals surface area contributed by atoms with Gasteiger partial charge in [0.2, 0.25) is 0 Å². The van der Waals surface area contributed by atoms with Crippen molar-refractivity contribution in [3.63, 3.8) is 0 Å². The molecule has 0 bridgehead atoms. The molecule has 4 heteroatoms. The van der Waals surface area contributed by atoms with Crippen molar-refractivity contribution in [3.8, 4) is 5.75 Å². The molecular formula is C13H19NO3. The van der Waals surface area contributed by atoms with Gasteiger partial charge in [-0.3, -0.25) is 0 Å². The number of carbonyl (C=O) groups excluding carboxylic acids is 1. The van der Waals surface area contributed by atoms with Crippen molar-refractivity contribution in [2.24, 2.45) is 0 Å². The van der Waals surface area contributed by atoms with E-state index in [4.69, 9.17) is 15.2 Å². The molecule has 0 fully saturated rings. The van der Waals surface area contributed by atoms with Crippen LogP contribution in [0.4, 0.5) is 5.69 Å². The summed E-state index contributed by atoms with van der Waals surface area (Å²) in [6.45, 7) is 3.97. The predicted octanol–water partition coefficient (Wildman–Crippen LogP) is 2.62. The molecule has 0 heterocycles. The van der Waals surface area contributed by atoms with Crippen molar-refractivity contribution in [1.82, 2.24) is 0 Å². The molecule has 0 radical (unpaired) electrons. The number of nitrogens with two attached hydrogens (primary N) is 1. The Balaban J connectivity index is 2.92. The van der Waals surface area contributed by atoms with Crippen LogP contribution in [0.1, 0.15) is 37.0 Å². The second kappa shape index (κ2) is 6.13. The lowest BCUT2D eigenvalue weighted by molar-refractivity contribution is 0.0281. The molecular weight excluding hydrogens is 218 g/mol. The molecule has 2 N–H and O–H groups in total. The number of nitrogen functional groups attached to an aromatic ring is 1. The van der Waals surface area contributed by atoms with Crippen molar-refractivity contribution in [3.05, 3.63) is 23.8 Å². The predicted molar refractivity (Wildman–Crippen MR) is 67.2 cm³/mol. The monoisotopic (exact) mass is 237 g/mol. The third-order valence-corrected chi connectivity index (χ3v) is 2.65. The fraction of sp³-hybridized carbons (Fsp3) is 0.462. The molecule has 0 unspecified atom stereocenters. The number of benzene rings is 1. The first-order valence-electron chi connectivity index (χ1n) is 5.77. The number of ether oxygens (including phenoxy) is 2. The number of carbonyl (C=O) groups is 1. The molecule has 0 aliphatic rings. The Kier molecular flexibility index (Phi) is 4.82. The molecule has 0 aliphatic heterocycles. The Labute approximate surface area is 102 Å². The lowest BCUT2D eigenvalue weighted by atomic mass is 10.1. The number of methoxy groups -OCH3 is 1. The van der Waals surface area contributed by atoms with E-state index in [1.165, 1.54) is 7.11 Å². The maximum atomic E-state index is 11.9. The van der Waals surface area contributed by atoms with Crippen molar-refractivity contribution >= 4 is 11.7 Å². The third-order valence-electron chi connectivity index (χ3n) is 2.65. The highest BCUT2D eigenvalue weighted by Crippen LogP contribution is 2.27. The molecule has 1 rings (SSSR count). The SMILES string of the molecule is CCC(CC)OC(=O)c1cccc(N)c1OC. The van der Waals surface area contributed by atoms with Crippen LogP contribution >= 0.6 is 0 Å². The van der Waals surface area contributed by atoms with Crippen molar-refractivity contribution in [1.29, 1.82) is 0 Å². The molecule has 0 aromatic heterocycles. The van der Waals surface area contributed by atoms with Gasteiger partial charge >= 0.3 is 5.97 Å². The molecule has 1 aromatic rings. The van der Waals surface area contributed by atoms with E-state index in [1.807, 2.05) is 13.8 Å². The van der Waals surface area contributed by atoms with Crippen LogP contribution in [-0.4, -0.2) is 19.2 Å². The molecule has 0 atom stereocenters. The summed E-state index contributed by atoms with van der Waals surface area (Å²) >= 11 is 0. The van der Waals surface area contributed by atoms with E-state index in [2.05, 4.69) is 0 Å². The standard InChI is InChI=1S/C13H19NO3/c1-4-9(5-2)17-13(15)10-7-6-8-11(14)12(10)16-3/h6-9H,4-5,14H2,1-3H3. The van der Waals surface area contributed by atoms with E-state index in [0.717, 1.165) is 12.8 Å². The Morgan fingerprint density at radius 2 is 2.00 bits per heavy atom. The second-order valence-electron chi connectivity index (χ2n) is 3.77. The highest BCUT2D eigenvalue weighted by molar-refractivity contribution is 5.94. The first-order valence-corrected chi connectivity index (χ1v) is 5.77. The topological polar surface area (TPSA) is 61.5 Å². The van der Waals surface area contributed by atoms with Crippen molar-refractivity contribution < 1.29 is 14.3 Å². The van der Waals surface area contributed by atoms with Crippen LogP contribution in [0.5, 0.6) is 5.75 Å². The van der Waals surface area contributed by atoms with Gasteiger partial charge in [0.25, 0.3) is 0 Å². The fourth-order valence-electron chi connectivity index (χ4n) is 1.61. The minimum absolute atomic E-state index is 0.0614. The summed E-state index contributed by atoms with van der Waals surface area (Å²) in [6, 6.07) is 5.05. The molecule has 0 saturated heterocycles. The van der Waals surface area contributed by atoms with Crippen LogP contribution in [0.25, 0.3) is 0 Å². The maximum absolute atomic E-state index is 11.9. The van der Waals surface area contributed by atoms with Gasteiger partial charge in [0, 0.05) is 0 Å².